The van der Waals surface area contributed by atoms with Gasteiger partial charge in [-0.05, 0) is 49.6 Å². The lowest BCUT2D eigenvalue weighted by Gasteiger charge is -2.36. The van der Waals surface area contributed by atoms with Crippen molar-refractivity contribution in [3.8, 4) is 16.9 Å². The van der Waals surface area contributed by atoms with Crippen LogP contribution in [0, 0.1) is 5.82 Å². The Kier molecular flexibility index (Phi) is 5.26. The first-order chi connectivity index (χ1) is 14.4. The highest BCUT2D eigenvalue weighted by molar-refractivity contribution is 5.96. The van der Waals surface area contributed by atoms with Gasteiger partial charge in [0.15, 0.2) is 5.82 Å². The minimum absolute atomic E-state index is 0.236. The van der Waals surface area contributed by atoms with Gasteiger partial charge in [-0.1, -0.05) is 12.1 Å². The number of rotatable bonds is 3. The molecule has 30 heavy (non-hydrogen) atoms. The van der Waals surface area contributed by atoms with Crippen molar-refractivity contribution in [3.63, 3.8) is 0 Å². The average Bonchev–Trinajstić information content (AvgIpc) is 2.72. The second-order valence-corrected chi connectivity index (χ2v) is 7.85. The largest absolute Gasteiger partial charge is 0.494 e. The molecule has 8 heteroatoms. The van der Waals surface area contributed by atoms with Crippen LogP contribution in [-0.4, -0.2) is 46.6 Å². The number of urea groups is 1. The summed E-state index contributed by atoms with van der Waals surface area (Å²) in [6.45, 7) is 3.18. The summed E-state index contributed by atoms with van der Waals surface area (Å²) in [6.07, 6.45) is 2.99. The van der Waals surface area contributed by atoms with Gasteiger partial charge in [0.25, 0.3) is 0 Å². The molecule has 0 saturated carbocycles. The summed E-state index contributed by atoms with van der Waals surface area (Å²) in [4.78, 5) is 23.4. The maximum atomic E-state index is 13.7. The smallest absolute Gasteiger partial charge is 0.323 e. The number of hydrogen-bond acceptors (Lipinski definition) is 5. The van der Waals surface area contributed by atoms with Gasteiger partial charge in [-0.15, -0.1) is 0 Å². The van der Waals surface area contributed by atoms with Gasteiger partial charge in [0.2, 0.25) is 0 Å². The van der Waals surface area contributed by atoms with E-state index >= 15 is 0 Å². The lowest BCUT2D eigenvalue weighted by molar-refractivity contribution is 0.176. The molecule has 0 atom stereocenters. The Bertz CT molecular complexity index is 1090. The Morgan fingerprint density at radius 3 is 2.70 bits per heavy atom. The number of amides is 2. The molecule has 156 valence electrons. The highest BCUT2D eigenvalue weighted by Crippen LogP contribution is 2.33. The number of halogens is 1. The van der Waals surface area contributed by atoms with Crippen LogP contribution >= 0.6 is 0 Å². The molecule has 7 nitrogen and oxygen atoms in total. The Balaban J connectivity index is 1.64. The number of nitrogens with two attached hydrogens (primary N) is 1. The van der Waals surface area contributed by atoms with E-state index < -0.39 is 0 Å². The minimum Gasteiger partial charge on any atom is -0.494 e. The van der Waals surface area contributed by atoms with Gasteiger partial charge in [0.05, 0.1) is 13.3 Å². The summed E-state index contributed by atoms with van der Waals surface area (Å²) >= 11 is 0. The van der Waals surface area contributed by atoms with Gasteiger partial charge in [-0.2, -0.15) is 0 Å². The van der Waals surface area contributed by atoms with E-state index in [1.54, 1.807) is 24.1 Å². The molecule has 4 rings (SSSR count). The van der Waals surface area contributed by atoms with Gasteiger partial charge >= 0.3 is 6.03 Å². The number of ether oxygens (including phenoxy) is 1. The Hall–Kier alpha value is -3.26. The summed E-state index contributed by atoms with van der Waals surface area (Å²) in [6, 6.07) is 9.63. The van der Waals surface area contributed by atoms with Crippen LogP contribution in [0.5, 0.6) is 5.75 Å². The standard InChI is InChI=1S/C22H24FN5O2/c1-22(24)8-10-28(11-9-22)21(29)27-18-13-25-19-16(14-4-3-5-15(23)12-14)6-7-17(30-2)20(19)26-18/h3-7,12-13H,8-11,24H2,1-2H3,(H,26,27,29). The first-order valence-electron chi connectivity index (χ1n) is 9.81. The fraction of sp³-hybridized carbons (Fsp3) is 0.318. The maximum absolute atomic E-state index is 13.7. The van der Waals surface area contributed by atoms with E-state index in [-0.39, 0.29) is 17.4 Å². The van der Waals surface area contributed by atoms with Crippen molar-refractivity contribution in [2.24, 2.45) is 5.73 Å². The van der Waals surface area contributed by atoms with Gasteiger partial charge < -0.3 is 15.4 Å². The van der Waals surface area contributed by atoms with Crippen LogP contribution in [0.15, 0.2) is 42.6 Å². The monoisotopic (exact) mass is 409 g/mol. The number of likely N-dealkylation sites (tertiary alicyclic amines) is 1. The normalized spacial score (nSPS) is 15.8. The number of anilines is 1. The minimum atomic E-state index is -0.330. The van der Waals surface area contributed by atoms with Crippen molar-refractivity contribution in [1.29, 1.82) is 0 Å². The molecule has 3 N–H and O–H groups in total. The summed E-state index contributed by atoms with van der Waals surface area (Å²) in [5.74, 6) is 0.511. The number of hydrogen-bond donors (Lipinski definition) is 2. The Morgan fingerprint density at radius 2 is 2.00 bits per heavy atom. The molecule has 0 spiro atoms. The van der Waals surface area contributed by atoms with E-state index in [2.05, 4.69) is 15.3 Å². The molecule has 0 aliphatic carbocycles. The van der Waals surface area contributed by atoms with Crippen molar-refractivity contribution in [2.75, 3.05) is 25.5 Å². The quantitative estimate of drug-likeness (QED) is 0.687. The van der Waals surface area contributed by atoms with E-state index in [9.17, 15) is 9.18 Å². The summed E-state index contributed by atoms with van der Waals surface area (Å²) < 4.78 is 19.1. The fourth-order valence-corrected chi connectivity index (χ4v) is 3.60. The van der Waals surface area contributed by atoms with Crippen molar-refractivity contribution < 1.29 is 13.9 Å². The third-order valence-electron chi connectivity index (χ3n) is 5.45. The highest BCUT2D eigenvalue weighted by atomic mass is 19.1. The molecular weight excluding hydrogens is 385 g/mol. The lowest BCUT2D eigenvalue weighted by Crippen LogP contribution is -2.50. The summed E-state index contributed by atoms with van der Waals surface area (Å²) in [5.41, 5.74) is 8.38. The maximum Gasteiger partial charge on any atom is 0.323 e. The number of nitrogens with one attached hydrogen (secondary N) is 1. The molecule has 0 radical (unpaired) electrons. The molecule has 2 heterocycles. The van der Waals surface area contributed by atoms with Gasteiger partial charge in [-0.3, -0.25) is 5.32 Å². The topological polar surface area (TPSA) is 93.4 Å². The predicted molar refractivity (Wildman–Crippen MR) is 114 cm³/mol. The molecule has 0 unspecified atom stereocenters. The molecule has 2 amide bonds. The zero-order valence-electron chi connectivity index (χ0n) is 17.0. The number of fused-ring (bicyclic) bond motifs is 1. The van der Waals surface area contributed by atoms with Crippen LogP contribution in [0.3, 0.4) is 0 Å². The van der Waals surface area contributed by atoms with E-state index in [0.717, 1.165) is 18.4 Å². The van der Waals surface area contributed by atoms with Crippen molar-refractivity contribution in [2.45, 2.75) is 25.3 Å². The second-order valence-electron chi connectivity index (χ2n) is 7.85. The zero-order chi connectivity index (χ0) is 21.3. The van der Waals surface area contributed by atoms with Crippen LogP contribution in [0.25, 0.3) is 22.2 Å². The van der Waals surface area contributed by atoms with Gasteiger partial charge in [0, 0.05) is 24.2 Å². The number of methoxy groups -OCH3 is 1. The molecule has 1 aliphatic rings. The van der Waals surface area contributed by atoms with Crippen molar-refractivity contribution in [3.05, 3.63) is 48.4 Å². The molecule has 1 fully saturated rings. The number of nitrogens with zero attached hydrogens (tertiary/aromatic N) is 3. The van der Waals surface area contributed by atoms with Crippen molar-refractivity contribution >= 4 is 22.9 Å². The van der Waals surface area contributed by atoms with Gasteiger partial charge in [0.1, 0.15) is 22.6 Å². The number of benzene rings is 2. The van der Waals surface area contributed by atoms with Crippen molar-refractivity contribution in [1.82, 2.24) is 14.9 Å². The fourth-order valence-electron chi connectivity index (χ4n) is 3.60. The molecule has 1 aromatic heterocycles. The first-order valence-corrected chi connectivity index (χ1v) is 9.81. The number of piperidine rings is 1. The van der Waals surface area contributed by atoms with E-state index in [0.29, 0.717) is 41.3 Å². The first kappa shape index (κ1) is 20.0. The van der Waals surface area contributed by atoms with Crippen LogP contribution < -0.4 is 15.8 Å². The van der Waals surface area contributed by atoms with E-state index in [4.69, 9.17) is 10.5 Å². The molecule has 2 aromatic carbocycles. The van der Waals surface area contributed by atoms with Crippen LogP contribution in [0.2, 0.25) is 0 Å². The number of carbonyl (C=O) groups excluding carboxylic acids is 1. The molecule has 1 saturated heterocycles. The number of aromatic nitrogens is 2. The zero-order valence-corrected chi connectivity index (χ0v) is 17.0. The lowest BCUT2D eigenvalue weighted by atomic mass is 9.91. The second kappa shape index (κ2) is 7.87. The average molecular weight is 409 g/mol. The SMILES string of the molecule is COc1ccc(-c2cccc(F)c2)c2ncc(NC(=O)N3CCC(C)(N)CC3)nc12. The molecular formula is C22H24FN5O2. The molecule has 0 bridgehead atoms. The Labute approximate surface area is 174 Å². The highest BCUT2D eigenvalue weighted by Gasteiger charge is 2.28. The third-order valence-corrected chi connectivity index (χ3v) is 5.45. The third kappa shape index (κ3) is 4.04. The van der Waals surface area contributed by atoms with Gasteiger partial charge in [-0.25, -0.2) is 19.2 Å². The predicted octanol–water partition coefficient (Wildman–Crippen LogP) is 3.79. The van der Waals surface area contributed by atoms with Crippen LogP contribution in [0.4, 0.5) is 15.0 Å². The summed E-state index contributed by atoms with van der Waals surface area (Å²) in [7, 11) is 1.54. The van der Waals surface area contributed by atoms with Crippen LogP contribution in [0.1, 0.15) is 19.8 Å². The Morgan fingerprint density at radius 1 is 1.23 bits per heavy atom. The molecule has 3 aromatic rings. The number of carbonyl (C=O) groups is 1. The summed E-state index contributed by atoms with van der Waals surface area (Å²) in [5, 5.41) is 2.81. The van der Waals surface area contributed by atoms with Crippen LogP contribution in [-0.2, 0) is 0 Å². The van der Waals surface area contributed by atoms with E-state index in [1.807, 2.05) is 19.1 Å². The molecule has 1 aliphatic heterocycles. The van der Waals surface area contributed by atoms with E-state index in [1.165, 1.54) is 18.3 Å².